The van der Waals surface area contributed by atoms with E-state index in [-0.39, 0.29) is 5.91 Å². The minimum Gasteiger partial charge on any atom is -0.326 e. The zero-order valence-corrected chi connectivity index (χ0v) is 12.2. The fourth-order valence-electron chi connectivity index (χ4n) is 1.62. The van der Waals surface area contributed by atoms with Crippen molar-refractivity contribution >= 4 is 44.9 Å². The second-order valence-electron chi connectivity index (χ2n) is 3.89. The molecule has 1 N–H and O–H groups in total. The molecule has 2 aromatic rings. The molecule has 0 radical (unpaired) electrons. The van der Waals surface area contributed by atoms with Gasteiger partial charge in [-0.1, -0.05) is 25.6 Å². The third-order valence-electron chi connectivity index (χ3n) is 2.40. The summed E-state index contributed by atoms with van der Waals surface area (Å²) in [7, 11) is 0. The molecule has 0 saturated heterocycles. The van der Waals surface area contributed by atoms with Crippen LogP contribution in [0.2, 0.25) is 0 Å². The molecule has 0 aliphatic heterocycles. The molecule has 0 unspecified atom stereocenters. The normalized spacial score (nSPS) is 10.8. The topological polar surface area (TPSA) is 42.0 Å². The van der Waals surface area contributed by atoms with E-state index in [9.17, 15) is 4.79 Å². The molecule has 96 valence electrons. The summed E-state index contributed by atoms with van der Waals surface area (Å²) in [5.74, 6) is 1.10. The first kappa shape index (κ1) is 13.4. The molecule has 1 aromatic carbocycles. The number of carbonyl (C=O) groups excluding carboxylic acids is 1. The number of thioether (sulfide) groups is 1. The summed E-state index contributed by atoms with van der Waals surface area (Å²) in [4.78, 5) is 16.1. The average Bonchev–Trinajstić information content (AvgIpc) is 2.71. The van der Waals surface area contributed by atoms with E-state index >= 15 is 0 Å². The van der Waals surface area contributed by atoms with Crippen LogP contribution >= 0.6 is 23.1 Å². The van der Waals surface area contributed by atoms with Crippen molar-refractivity contribution in [3.05, 3.63) is 18.2 Å². The predicted octanol–water partition coefficient (Wildman–Crippen LogP) is 4.15. The van der Waals surface area contributed by atoms with Crippen LogP contribution < -0.4 is 5.32 Å². The van der Waals surface area contributed by atoms with E-state index in [0.717, 1.165) is 32.4 Å². The maximum Gasteiger partial charge on any atom is 0.224 e. The third kappa shape index (κ3) is 3.23. The SMILES string of the molecule is CCCC(=O)Nc1ccc2nc(SCC)sc2c1. The summed E-state index contributed by atoms with van der Waals surface area (Å²) < 4.78 is 2.21. The highest BCUT2D eigenvalue weighted by atomic mass is 32.2. The first-order chi connectivity index (χ1) is 8.72. The Labute approximate surface area is 115 Å². The molecular weight excluding hydrogens is 264 g/mol. The molecule has 5 heteroatoms. The predicted molar refractivity (Wildman–Crippen MR) is 79.6 cm³/mol. The van der Waals surface area contributed by atoms with Gasteiger partial charge in [0.05, 0.1) is 10.2 Å². The molecule has 3 nitrogen and oxygen atoms in total. The van der Waals surface area contributed by atoms with Gasteiger partial charge >= 0.3 is 0 Å². The molecule has 1 aromatic heterocycles. The van der Waals surface area contributed by atoms with E-state index in [1.807, 2.05) is 25.1 Å². The van der Waals surface area contributed by atoms with Crippen molar-refractivity contribution in [3.8, 4) is 0 Å². The lowest BCUT2D eigenvalue weighted by Crippen LogP contribution is -2.10. The van der Waals surface area contributed by atoms with Gasteiger partial charge in [-0.05, 0) is 30.4 Å². The maximum atomic E-state index is 11.5. The highest BCUT2D eigenvalue weighted by Crippen LogP contribution is 2.31. The Bertz CT molecular complexity index is 551. The maximum absolute atomic E-state index is 11.5. The van der Waals surface area contributed by atoms with Crippen LogP contribution in [0.5, 0.6) is 0 Å². The van der Waals surface area contributed by atoms with Crippen LogP contribution in [-0.2, 0) is 4.79 Å². The molecule has 0 saturated carbocycles. The van der Waals surface area contributed by atoms with Gasteiger partial charge in [0.15, 0.2) is 4.34 Å². The van der Waals surface area contributed by atoms with Crippen LogP contribution in [-0.4, -0.2) is 16.6 Å². The number of benzene rings is 1. The number of thiazole rings is 1. The largest absolute Gasteiger partial charge is 0.326 e. The van der Waals surface area contributed by atoms with Gasteiger partial charge in [-0.25, -0.2) is 4.98 Å². The zero-order chi connectivity index (χ0) is 13.0. The van der Waals surface area contributed by atoms with Crippen LogP contribution in [0, 0.1) is 0 Å². The number of nitrogens with one attached hydrogen (secondary N) is 1. The Hall–Kier alpha value is -1.07. The summed E-state index contributed by atoms with van der Waals surface area (Å²) in [6.45, 7) is 4.12. The molecule has 0 atom stereocenters. The van der Waals surface area contributed by atoms with Gasteiger partial charge in [0, 0.05) is 12.1 Å². The fraction of sp³-hybridized carbons (Fsp3) is 0.385. The van der Waals surface area contributed by atoms with Gasteiger partial charge in [0.25, 0.3) is 0 Å². The van der Waals surface area contributed by atoms with Crippen molar-refractivity contribution < 1.29 is 4.79 Å². The fourth-order valence-corrected chi connectivity index (χ4v) is 3.62. The van der Waals surface area contributed by atoms with Gasteiger partial charge in [-0.15, -0.1) is 11.3 Å². The molecule has 2 rings (SSSR count). The summed E-state index contributed by atoms with van der Waals surface area (Å²) in [6, 6.07) is 5.88. The number of rotatable bonds is 5. The van der Waals surface area contributed by atoms with Gasteiger partial charge in [0.1, 0.15) is 0 Å². The second-order valence-corrected chi connectivity index (χ2v) is 6.44. The summed E-state index contributed by atoms with van der Waals surface area (Å²) in [5, 5.41) is 2.91. The average molecular weight is 280 g/mol. The highest BCUT2D eigenvalue weighted by molar-refractivity contribution is 8.01. The van der Waals surface area contributed by atoms with Crippen molar-refractivity contribution in [2.24, 2.45) is 0 Å². The van der Waals surface area contributed by atoms with Crippen molar-refractivity contribution in [2.75, 3.05) is 11.1 Å². The number of fused-ring (bicyclic) bond motifs is 1. The summed E-state index contributed by atoms with van der Waals surface area (Å²) >= 11 is 3.43. The Morgan fingerprint density at radius 1 is 1.44 bits per heavy atom. The molecule has 1 amide bonds. The van der Waals surface area contributed by atoms with Gasteiger partial charge in [-0.3, -0.25) is 4.79 Å². The van der Waals surface area contributed by atoms with Crippen LogP contribution in [0.15, 0.2) is 22.5 Å². The first-order valence-electron chi connectivity index (χ1n) is 6.06. The summed E-state index contributed by atoms with van der Waals surface area (Å²) in [5.41, 5.74) is 1.86. The number of aromatic nitrogens is 1. The van der Waals surface area contributed by atoms with Crippen molar-refractivity contribution in [3.63, 3.8) is 0 Å². The second kappa shape index (κ2) is 6.20. The van der Waals surface area contributed by atoms with E-state index < -0.39 is 0 Å². The van der Waals surface area contributed by atoms with Crippen LogP contribution in [0.1, 0.15) is 26.7 Å². The standard InChI is InChI=1S/C13H16N2OS2/c1-3-5-12(16)14-9-6-7-10-11(8-9)18-13(15-10)17-4-2/h6-8H,3-5H2,1-2H3,(H,14,16). The molecule has 0 spiro atoms. The van der Waals surface area contributed by atoms with Gasteiger partial charge < -0.3 is 5.32 Å². The molecule has 1 heterocycles. The monoisotopic (exact) mass is 280 g/mol. The van der Waals surface area contributed by atoms with E-state index in [4.69, 9.17) is 0 Å². The number of carbonyl (C=O) groups is 1. The van der Waals surface area contributed by atoms with Crippen LogP contribution in [0.3, 0.4) is 0 Å². The first-order valence-corrected chi connectivity index (χ1v) is 7.86. The Balaban J connectivity index is 2.18. The smallest absolute Gasteiger partial charge is 0.224 e. The number of hydrogen-bond acceptors (Lipinski definition) is 4. The van der Waals surface area contributed by atoms with Crippen LogP contribution in [0.25, 0.3) is 10.2 Å². The Morgan fingerprint density at radius 2 is 2.28 bits per heavy atom. The number of amides is 1. The minimum absolute atomic E-state index is 0.0736. The lowest BCUT2D eigenvalue weighted by molar-refractivity contribution is -0.116. The number of anilines is 1. The van der Waals surface area contributed by atoms with Gasteiger partial charge in [-0.2, -0.15) is 0 Å². The van der Waals surface area contributed by atoms with Crippen molar-refractivity contribution in [1.82, 2.24) is 4.98 Å². The van der Waals surface area contributed by atoms with Crippen molar-refractivity contribution in [2.45, 2.75) is 31.0 Å². The van der Waals surface area contributed by atoms with Crippen molar-refractivity contribution in [1.29, 1.82) is 0 Å². The lowest BCUT2D eigenvalue weighted by atomic mass is 10.2. The third-order valence-corrected chi connectivity index (χ3v) is 4.44. The molecule has 0 bridgehead atoms. The molecular formula is C13H16N2OS2. The number of hydrogen-bond donors (Lipinski definition) is 1. The van der Waals surface area contributed by atoms with E-state index in [2.05, 4.69) is 17.2 Å². The Kier molecular flexibility index (Phi) is 4.60. The molecule has 18 heavy (non-hydrogen) atoms. The van der Waals surface area contributed by atoms with E-state index in [1.54, 1.807) is 23.1 Å². The highest BCUT2D eigenvalue weighted by Gasteiger charge is 2.06. The van der Waals surface area contributed by atoms with E-state index in [0.29, 0.717) is 6.42 Å². The zero-order valence-electron chi connectivity index (χ0n) is 10.5. The molecule has 0 aliphatic rings. The number of nitrogens with zero attached hydrogens (tertiary/aromatic N) is 1. The quantitative estimate of drug-likeness (QED) is 0.837. The van der Waals surface area contributed by atoms with Crippen LogP contribution in [0.4, 0.5) is 5.69 Å². The minimum atomic E-state index is 0.0736. The molecule has 0 fully saturated rings. The van der Waals surface area contributed by atoms with E-state index in [1.165, 1.54) is 0 Å². The lowest BCUT2D eigenvalue weighted by Gasteiger charge is -2.03. The van der Waals surface area contributed by atoms with Gasteiger partial charge in [0.2, 0.25) is 5.91 Å². The molecule has 0 aliphatic carbocycles. The summed E-state index contributed by atoms with van der Waals surface area (Å²) in [6.07, 6.45) is 1.43. The Morgan fingerprint density at radius 3 is 3.00 bits per heavy atom.